The van der Waals surface area contributed by atoms with Crippen LogP contribution in [0.25, 0.3) is 0 Å². The van der Waals surface area contributed by atoms with Crippen LogP contribution in [0.2, 0.25) is 0 Å². The summed E-state index contributed by atoms with van der Waals surface area (Å²) in [6.07, 6.45) is 0. The number of fused-ring (bicyclic) bond motifs is 1. The van der Waals surface area contributed by atoms with Gasteiger partial charge in [-0.3, -0.25) is 19.8 Å². The second-order valence-electron chi connectivity index (χ2n) is 5.74. The number of piperazine rings is 1. The monoisotopic (exact) mass is 321 g/mol. The molecule has 1 saturated heterocycles. The zero-order valence-electron chi connectivity index (χ0n) is 13.0. The van der Waals surface area contributed by atoms with Crippen LogP contribution < -0.4 is 4.74 Å². The van der Waals surface area contributed by atoms with E-state index in [4.69, 9.17) is 9.47 Å². The van der Waals surface area contributed by atoms with Crippen molar-refractivity contribution in [3.05, 3.63) is 33.4 Å². The molecule has 1 amide bonds. The highest BCUT2D eigenvalue weighted by molar-refractivity contribution is 5.73. The summed E-state index contributed by atoms with van der Waals surface area (Å²) in [5, 5.41) is 11.1. The van der Waals surface area contributed by atoms with E-state index < -0.39 is 4.92 Å². The molecule has 8 nitrogen and oxygen atoms in total. The lowest BCUT2D eigenvalue weighted by Gasteiger charge is -2.34. The summed E-state index contributed by atoms with van der Waals surface area (Å²) in [5.74, 6) is 0.772. The molecule has 2 heterocycles. The van der Waals surface area contributed by atoms with Crippen LogP contribution >= 0.6 is 0 Å². The Kier molecular flexibility index (Phi) is 4.44. The van der Waals surface area contributed by atoms with Crippen molar-refractivity contribution in [2.24, 2.45) is 0 Å². The van der Waals surface area contributed by atoms with Crippen molar-refractivity contribution in [3.8, 4) is 5.75 Å². The number of carbonyl (C=O) groups excluding carboxylic acids is 1. The summed E-state index contributed by atoms with van der Waals surface area (Å²) in [7, 11) is 0. The SMILES string of the molecule is CC(=O)N1CCN(Cc2cc([N+](=O)[O-])cc3c2OCOC3)CC1. The van der Waals surface area contributed by atoms with E-state index in [-0.39, 0.29) is 18.4 Å². The number of nitro groups is 1. The number of nitrogens with zero attached hydrogens (tertiary/aromatic N) is 3. The smallest absolute Gasteiger partial charge is 0.270 e. The third kappa shape index (κ3) is 3.43. The van der Waals surface area contributed by atoms with Crippen LogP contribution in [0.4, 0.5) is 5.69 Å². The Morgan fingerprint density at radius 3 is 2.70 bits per heavy atom. The van der Waals surface area contributed by atoms with E-state index in [1.54, 1.807) is 13.0 Å². The lowest BCUT2D eigenvalue weighted by Crippen LogP contribution is -2.47. The molecule has 0 radical (unpaired) electrons. The first kappa shape index (κ1) is 15.7. The van der Waals surface area contributed by atoms with Crippen molar-refractivity contribution in [2.45, 2.75) is 20.1 Å². The van der Waals surface area contributed by atoms with Crippen molar-refractivity contribution in [1.29, 1.82) is 0 Å². The maximum atomic E-state index is 11.4. The number of nitro benzene ring substituents is 1. The van der Waals surface area contributed by atoms with Crippen LogP contribution in [-0.2, 0) is 22.7 Å². The predicted octanol–water partition coefficient (Wildman–Crippen LogP) is 1.13. The summed E-state index contributed by atoms with van der Waals surface area (Å²) < 4.78 is 10.8. The fourth-order valence-corrected chi connectivity index (χ4v) is 2.97. The van der Waals surface area contributed by atoms with Gasteiger partial charge in [-0.25, -0.2) is 0 Å². The van der Waals surface area contributed by atoms with Gasteiger partial charge in [0, 0.05) is 62.9 Å². The molecule has 0 spiro atoms. The summed E-state index contributed by atoms with van der Waals surface area (Å²) in [6, 6.07) is 3.08. The zero-order chi connectivity index (χ0) is 16.4. The number of hydrogen-bond acceptors (Lipinski definition) is 6. The Bertz CT molecular complexity index is 626. The van der Waals surface area contributed by atoms with E-state index in [9.17, 15) is 14.9 Å². The molecule has 23 heavy (non-hydrogen) atoms. The van der Waals surface area contributed by atoms with Crippen molar-refractivity contribution in [3.63, 3.8) is 0 Å². The molecule has 3 rings (SSSR count). The van der Waals surface area contributed by atoms with Gasteiger partial charge in [-0.2, -0.15) is 0 Å². The number of ether oxygens (including phenoxy) is 2. The first-order valence-electron chi connectivity index (χ1n) is 7.53. The average molecular weight is 321 g/mol. The largest absolute Gasteiger partial charge is 0.467 e. The maximum absolute atomic E-state index is 11.4. The summed E-state index contributed by atoms with van der Waals surface area (Å²) in [6.45, 7) is 5.46. The van der Waals surface area contributed by atoms with E-state index in [2.05, 4.69) is 4.90 Å². The van der Waals surface area contributed by atoms with Crippen molar-refractivity contribution in [2.75, 3.05) is 33.0 Å². The summed E-state index contributed by atoms with van der Waals surface area (Å²) in [4.78, 5) is 26.1. The predicted molar refractivity (Wildman–Crippen MR) is 80.9 cm³/mol. The van der Waals surface area contributed by atoms with Gasteiger partial charge < -0.3 is 14.4 Å². The lowest BCUT2D eigenvalue weighted by molar-refractivity contribution is -0.385. The van der Waals surface area contributed by atoms with E-state index in [1.807, 2.05) is 4.90 Å². The molecule has 1 aromatic carbocycles. The fourth-order valence-electron chi connectivity index (χ4n) is 2.97. The molecule has 0 saturated carbocycles. The van der Waals surface area contributed by atoms with Crippen LogP contribution in [0.5, 0.6) is 5.75 Å². The van der Waals surface area contributed by atoms with Crippen LogP contribution in [0, 0.1) is 10.1 Å². The quantitative estimate of drug-likeness (QED) is 0.613. The van der Waals surface area contributed by atoms with Gasteiger partial charge >= 0.3 is 0 Å². The first-order chi connectivity index (χ1) is 11.0. The van der Waals surface area contributed by atoms with Crippen molar-refractivity contribution in [1.82, 2.24) is 9.80 Å². The normalized spacial score (nSPS) is 18.2. The Hall–Kier alpha value is -2.19. The third-order valence-corrected chi connectivity index (χ3v) is 4.19. The van der Waals surface area contributed by atoms with Gasteiger partial charge in [0.15, 0.2) is 6.79 Å². The molecule has 0 unspecified atom stereocenters. The number of non-ortho nitro benzene ring substituents is 1. The fraction of sp³-hybridized carbons (Fsp3) is 0.533. The zero-order valence-corrected chi connectivity index (χ0v) is 13.0. The highest BCUT2D eigenvalue weighted by Gasteiger charge is 2.24. The van der Waals surface area contributed by atoms with Crippen molar-refractivity contribution >= 4 is 11.6 Å². The highest BCUT2D eigenvalue weighted by Crippen LogP contribution is 2.33. The van der Waals surface area contributed by atoms with Crippen LogP contribution in [0.3, 0.4) is 0 Å². The van der Waals surface area contributed by atoms with Gasteiger partial charge in [-0.15, -0.1) is 0 Å². The Labute approximate surface area is 133 Å². The minimum absolute atomic E-state index is 0.0511. The molecule has 0 atom stereocenters. The Balaban J connectivity index is 1.78. The summed E-state index contributed by atoms with van der Waals surface area (Å²) in [5.41, 5.74) is 1.56. The molecule has 124 valence electrons. The molecule has 0 bridgehead atoms. The van der Waals surface area contributed by atoms with Gasteiger partial charge in [0.1, 0.15) is 5.75 Å². The minimum atomic E-state index is -0.397. The standard InChI is InChI=1S/C15H19N3O5/c1-11(19)17-4-2-16(3-5-17)8-12-6-14(18(20)21)7-13-9-22-10-23-15(12)13/h6-7H,2-5,8-10H2,1H3. The van der Waals surface area contributed by atoms with E-state index in [0.29, 0.717) is 37.6 Å². The molecule has 0 aromatic heterocycles. The molecular formula is C15H19N3O5. The first-order valence-corrected chi connectivity index (χ1v) is 7.53. The van der Waals surface area contributed by atoms with Gasteiger partial charge in [-0.1, -0.05) is 0 Å². The Morgan fingerprint density at radius 2 is 2.04 bits per heavy atom. The third-order valence-electron chi connectivity index (χ3n) is 4.19. The number of amides is 1. The second kappa shape index (κ2) is 6.51. The average Bonchev–Trinajstić information content (AvgIpc) is 2.55. The molecule has 1 fully saturated rings. The van der Waals surface area contributed by atoms with Gasteiger partial charge in [0.2, 0.25) is 5.91 Å². The van der Waals surface area contributed by atoms with E-state index >= 15 is 0 Å². The number of benzene rings is 1. The molecule has 8 heteroatoms. The number of rotatable bonds is 3. The molecule has 2 aliphatic rings. The van der Waals surface area contributed by atoms with Gasteiger partial charge in [0.05, 0.1) is 11.5 Å². The molecule has 0 N–H and O–H groups in total. The second-order valence-corrected chi connectivity index (χ2v) is 5.74. The molecule has 2 aliphatic heterocycles. The summed E-state index contributed by atoms with van der Waals surface area (Å²) >= 11 is 0. The minimum Gasteiger partial charge on any atom is -0.467 e. The topological polar surface area (TPSA) is 85.2 Å². The molecular weight excluding hydrogens is 302 g/mol. The molecule has 0 aliphatic carbocycles. The van der Waals surface area contributed by atoms with Crippen LogP contribution in [-0.4, -0.2) is 53.6 Å². The van der Waals surface area contributed by atoms with Gasteiger partial charge in [0.25, 0.3) is 5.69 Å². The Morgan fingerprint density at radius 1 is 1.30 bits per heavy atom. The number of hydrogen-bond donors (Lipinski definition) is 0. The lowest BCUT2D eigenvalue weighted by atomic mass is 10.1. The molecule has 1 aromatic rings. The van der Waals surface area contributed by atoms with E-state index in [1.165, 1.54) is 6.07 Å². The maximum Gasteiger partial charge on any atom is 0.270 e. The van der Waals surface area contributed by atoms with Crippen LogP contribution in [0.15, 0.2) is 12.1 Å². The number of carbonyl (C=O) groups is 1. The highest BCUT2D eigenvalue weighted by atomic mass is 16.7. The van der Waals surface area contributed by atoms with E-state index in [0.717, 1.165) is 18.7 Å². The van der Waals surface area contributed by atoms with Gasteiger partial charge in [-0.05, 0) is 0 Å². The van der Waals surface area contributed by atoms with Crippen LogP contribution in [0.1, 0.15) is 18.1 Å². The van der Waals surface area contributed by atoms with Crippen molar-refractivity contribution < 1.29 is 19.2 Å².